The molecule has 1 aliphatic carbocycles. The largest absolute Gasteiger partial charge is 0.418 e. The fraction of sp³-hybridized carbons (Fsp3) is 0.565. The summed E-state index contributed by atoms with van der Waals surface area (Å²) < 4.78 is 46.9. The molecule has 0 bridgehead atoms. The number of nitrogens with one attached hydrogen (secondary N) is 1. The lowest BCUT2D eigenvalue weighted by Gasteiger charge is -2.35. The lowest BCUT2D eigenvalue weighted by molar-refractivity contribution is -0.136. The zero-order chi connectivity index (χ0) is 21.7. The van der Waals surface area contributed by atoms with Crippen molar-refractivity contribution in [2.24, 2.45) is 11.3 Å². The van der Waals surface area contributed by atoms with E-state index in [4.69, 9.17) is 4.74 Å². The van der Waals surface area contributed by atoms with Crippen LogP contribution < -0.4 is 5.32 Å². The van der Waals surface area contributed by atoms with Crippen LogP contribution in [0.5, 0.6) is 0 Å². The second kappa shape index (κ2) is 7.52. The molecule has 1 aromatic heterocycles. The van der Waals surface area contributed by atoms with E-state index in [-0.39, 0.29) is 28.5 Å². The van der Waals surface area contributed by atoms with Gasteiger partial charge in [-0.15, -0.1) is 0 Å². The van der Waals surface area contributed by atoms with Crippen LogP contribution in [0.3, 0.4) is 0 Å². The molecule has 7 heteroatoms. The SMILES string of the molecule is Cc1cc(C(=O)NCC2COCC(C)(C)C2)nc2c(C(F)(F)F)cc(C3CC3)cc12. The third-order valence-corrected chi connectivity index (χ3v) is 5.97. The predicted molar refractivity (Wildman–Crippen MR) is 108 cm³/mol. The van der Waals surface area contributed by atoms with Crippen molar-refractivity contribution in [3.8, 4) is 0 Å². The summed E-state index contributed by atoms with van der Waals surface area (Å²) in [6, 6.07) is 4.58. The van der Waals surface area contributed by atoms with Crippen molar-refractivity contribution in [1.29, 1.82) is 0 Å². The molecule has 1 amide bonds. The molecule has 2 aromatic rings. The zero-order valence-electron chi connectivity index (χ0n) is 17.5. The molecule has 1 atom stereocenters. The van der Waals surface area contributed by atoms with Gasteiger partial charge in [0.15, 0.2) is 0 Å². The number of rotatable bonds is 4. The monoisotopic (exact) mass is 420 g/mol. The molecule has 1 N–H and O–H groups in total. The van der Waals surface area contributed by atoms with Crippen molar-refractivity contribution in [2.75, 3.05) is 19.8 Å². The number of aromatic nitrogens is 1. The normalized spacial score (nSPS) is 21.6. The van der Waals surface area contributed by atoms with Gasteiger partial charge in [0.2, 0.25) is 0 Å². The zero-order valence-corrected chi connectivity index (χ0v) is 17.5. The number of carbonyl (C=O) groups is 1. The van der Waals surface area contributed by atoms with Crippen molar-refractivity contribution < 1.29 is 22.7 Å². The maximum atomic E-state index is 13.8. The van der Waals surface area contributed by atoms with Gasteiger partial charge in [0.05, 0.1) is 24.3 Å². The molecule has 0 spiro atoms. The Hall–Kier alpha value is -2.15. The van der Waals surface area contributed by atoms with E-state index in [1.807, 2.05) is 0 Å². The fourth-order valence-corrected chi connectivity index (χ4v) is 4.36. The standard InChI is InChI=1S/C23H27F3N2O2/c1-13-6-19(21(29)27-10-14-9-22(2,3)12-30-11-14)28-20-17(13)7-16(15-4-5-15)8-18(20)23(24,25)26/h6-8,14-15H,4-5,9-12H2,1-3H3,(H,27,29). The molecular formula is C23H27F3N2O2. The summed E-state index contributed by atoms with van der Waals surface area (Å²) in [4.78, 5) is 16.8. The van der Waals surface area contributed by atoms with Gasteiger partial charge in [-0.1, -0.05) is 13.8 Å². The van der Waals surface area contributed by atoms with Crippen LogP contribution in [-0.4, -0.2) is 30.6 Å². The molecule has 4 nitrogen and oxygen atoms in total. The van der Waals surface area contributed by atoms with Crippen LogP contribution in [0, 0.1) is 18.3 Å². The summed E-state index contributed by atoms with van der Waals surface area (Å²) in [6.07, 6.45) is -1.78. The minimum absolute atomic E-state index is 0.0145. The summed E-state index contributed by atoms with van der Waals surface area (Å²) in [5.41, 5.74) is 0.478. The number of benzene rings is 1. The first kappa shape index (κ1) is 21.1. The summed E-state index contributed by atoms with van der Waals surface area (Å²) in [5.74, 6) is -0.0892. The van der Waals surface area contributed by atoms with Crippen molar-refractivity contribution in [3.05, 3.63) is 40.6 Å². The van der Waals surface area contributed by atoms with E-state index < -0.39 is 17.6 Å². The molecule has 1 saturated heterocycles. The maximum absolute atomic E-state index is 13.8. The van der Waals surface area contributed by atoms with Gasteiger partial charge in [0.25, 0.3) is 5.91 Å². The van der Waals surface area contributed by atoms with E-state index in [1.54, 1.807) is 19.1 Å². The fourth-order valence-electron chi connectivity index (χ4n) is 4.36. The van der Waals surface area contributed by atoms with Gasteiger partial charge < -0.3 is 10.1 Å². The van der Waals surface area contributed by atoms with Crippen LogP contribution in [0.15, 0.2) is 18.2 Å². The Morgan fingerprint density at radius 2 is 2.00 bits per heavy atom. The first-order valence-electron chi connectivity index (χ1n) is 10.4. The summed E-state index contributed by atoms with van der Waals surface area (Å²) in [7, 11) is 0. The third kappa shape index (κ3) is 4.46. The quantitative estimate of drug-likeness (QED) is 0.737. The number of halogens is 3. The van der Waals surface area contributed by atoms with Gasteiger partial charge in [-0.3, -0.25) is 4.79 Å². The molecule has 1 unspecified atom stereocenters. The molecule has 2 heterocycles. The van der Waals surface area contributed by atoms with E-state index in [2.05, 4.69) is 24.1 Å². The molecule has 2 fully saturated rings. The highest BCUT2D eigenvalue weighted by molar-refractivity contribution is 5.97. The first-order valence-corrected chi connectivity index (χ1v) is 10.4. The molecule has 1 saturated carbocycles. The van der Waals surface area contributed by atoms with Gasteiger partial charge in [-0.25, -0.2) is 4.98 Å². The summed E-state index contributed by atoms with van der Waals surface area (Å²) in [6.45, 7) is 7.62. The molecule has 30 heavy (non-hydrogen) atoms. The van der Waals surface area contributed by atoms with Gasteiger partial charge in [-0.2, -0.15) is 13.2 Å². The number of ether oxygens (including phenoxy) is 1. The van der Waals surface area contributed by atoms with E-state index in [0.29, 0.717) is 36.3 Å². The van der Waals surface area contributed by atoms with Crippen molar-refractivity contribution in [3.63, 3.8) is 0 Å². The molecule has 4 rings (SSSR count). The minimum Gasteiger partial charge on any atom is -0.381 e. The van der Waals surface area contributed by atoms with E-state index in [9.17, 15) is 18.0 Å². The van der Waals surface area contributed by atoms with E-state index in [0.717, 1.165) is 19.3 Å². The number of fused-ring (bicyclic) bond motifs is 1. The topological polar surface area (TPSA) is 51.2 Å². The molecule has 2 aliphatic rings. The Morgan fingerprint density at radius 3 is 2.63 bits per heavy atom. The second-order valence-electron chi connectivity index (χ2n) is 9.52. The van der Waals surface area contributed by atoms with Crippen LogP contribution in [-0.2, 0) is 10.9 Å². The Kier molecular flexibility index (Phi) is 5.29. The number of carbonyl (C=O) groups excluding carboxylic acids is 1. The molecule has 162 valence electrons. The Labute approximate surface area is 174 Å². The van der Waals surface area contributed by atoms with Gasteiger partial charge in [-0.05, 0) is 66.8 Å². The number of hydrogen-bond donors (Lipinski definition) is 1. The predicted octanol–water partition coefficient (Wildman–Crippen LogP) is 5.23. The second-order valence-corrected chi connectivity index (χ2v) is 9.52. The summed E-state index contributed by atoms with van der Waals surface area (Å²) >= 11 is 0. The van der Waals surface area contributed by atoms with Crippen LogP contribution >= 0.6 is 0 Å². The summed E-state index contributed by atoms with van der Waals surface area (Å²) in [5, 5.41) is 3.30. The number of amides is 1. The Bertz CT molecular complexity index is 981. The highest BCUT2D eigenvalue weighted by Crippen LogP contribution is 2.44. The lowest BCUT2D eigenvalue weighted by atomic mass is 9.82. The number of pyridine rings is 1. The highest BCUT2D eigenvalue weighted by atomic mass is 19.4. The average Bonchev–Trinajstić information content (AvgIpc) is 3.49. The van der Waals surface area contributed by atoms with Crippen LogP contribution in [0.25, 0.3) is 10.9 Å². The van der Waals surface area contributed by atoms with Crippen LogP contribution in [0.4, 0.5) is 13.2 Å². The minimum atomic E-state index is -4.53. The Morgan fingerprint density at radius 1 is 1.27 bits per heavy atom. The van der Waals surface area contributed by atoms with Crippen molar-refractivity contribution in [2.45, 2.75) is 52.1 Å². The van der Waals surface area contributed by atoms with Crippen LogP contribution in [0.2, 0.25) is 0 Å². The van der Waals surface area contributed by atoms with Gasteiger partial charge in [0.1, 0.15) is 5.69 Å². The molecule has 1 aromatic carbocycles. The molecule has 1 aliphatic heterocycles. The number of alkyl halides is 3. The number of aryl methyl sites for hydroxylation is 1. The van der Waals surface area contributed by atoms with E-state index >= 15 is 0 Å². The number of nitrogens with zero attached hydrogens (tertiary/aromatic N) is 1. The number of hydrogen-bond acceptors (Lipinski definition) is 3. The first-order chi connectivity index (χ1) is 14.0. The average molecular weight is 420 g/mol. The third-order valence-electron chi connectivity index (χ3n) is 5.97. The van der Waals surface area contributed by atoms with E-state index in [1.165, 1.54) is 6.07 Å². The molecule has 0 radical (unpaired) electrons. The van der Waals surface area contributed by atoms with Gasteiger partial charge >= 0.3 is 6.18 Å². The van der Waals surface area contributed by atoms with Crippen molar-refractivity contribution >= 4 is 16.8 Å². The smallest absolute Gasteiger partial charge is 0.381 e. The molecular weight excluding hydrogens is 393 g/mol. The highest BCUT2D eigenvalue weighted by Gasteiger charge is 2.36. The van der Waals surface area contributed by atoms with Gasteiger partial charge in [0, 0.05) is 17.8 Å². The van der Waals surface area contributed by atoms with Crippen LogP contribution in [0.1, 0.15) is 66.2 Å². The maximum Gasteiger partial charge on any atom is 0.418 e. The van der Waals surface area contributed by atoms with Crippen molar-refractivity contribution in [1.82, 2.24) is 10.3 Å². The Balaban J connectivity index is 1.61. The lowest BCUT2D eigenvalue weighted by Crippen LogP contribution is -2.39.